The SMILES string of the molecule is COC(=O)c1ccccc1Nc1c(S(=O)(=O)N2CCOCC2)cnc2ccc(S(=O)(=O)Cl)cc12. The number of hydrogen-bond acceptors (Lipinski definition) is 9. The highest BCUT2D eigenvalue weighted by Crippen LogP contribution is 2.36. The van der Waals surface area contributed by atoms with Crippen molar-refractivity contribution in [1.82, 2.24) is 9.29 Å². The highest BCUT2D eigenvalue weighted by molar-refractivity contribution is 8.13. The Hall–Kier alpha value is -2.77. The highest BCUT2D eigenvalue weighted by Gasteiger charge is 2.31. The summed E-state index contributed by atoms with van der Waals surface area (Å²) in [6, 6.07) is 10.3. The van der Waals surface area contributed by atoms with E-state index in [1.165, 1.54) is 41.9 Å². The van der Waals surface area contributed by atoms with Crippen LogP contribution in [0.25, 0.3) is 10.9 Å². The summed E-state index contributed by atoms with van der Waals surface area (Å²) in [4.78, 5) is 16.1. The molecule has 1 aromatic heterocycles. The Labute approximate surface area is 200 Å². The lowest BCUT2D eigenvalue weighted by molar-refractivity contribution is 0.0602. The van der Waals surface area contributed by atoms with Crippen molar-refractivity contribution in [2.75, 3.05) is 38.7 Å². The van der Waals surface area contributed by atoms with Crippen LogP contribution in [0.3, 0.4) is 0 Å². The van der Waals surface area contributed by atoms with Gasteiger partial charge in [0.15, 0.2) is 0 Å². The van der Waals surface area contributed by atoms with Gasteiger partial charge in [-0.15, -0.1) is 0 Å². The molecule has 4 rings (SSSR count). The first-order valence-electron chi connectivity index (χ1n) is 10.0. The molecule has 3 aromatic rings. The number of aromatic nitrogens is 1. The number of nitrogens with zero attached hydrogens (tertiary/aromatic N) is 2. The number of benzene rings is 2. The number of anilines is 2. The van der Waals surface area contributed by atoms with Gasteiger partial charge in [0.1, 0.15) is 4.90 Å². The van der Waals surface area contributed by atoms with Crippen molar-refractivity contribution in [2.24, 2.45) is 0 Å². The molecule has 2 aromatic carbocycles. The molecule has 0 aliphatic carbocycles. The summed E-state index contributed by atoms with van der Waals surface area (Å²) in [5.41, 5.74) is 0.795. The minimum atomic E-state index is -4.11. The van der Waals surface area contributed by atoms with E-state index in [2.05, 4.69) is 10.3 Å². The molecule has 10 nitrogen and oxygen atoms in total. The molecular formula is C21H20ClN3O7S2. The van der Waals surface area contributed by atoms with Gasteiger partial charge in [-0.25, -0.2) is 21.6 Å². The van der Waals surface area contributed by atoms with E-state index in [0.29, 0.717) is 5.52 Å². The molecule has 1 aliphatic rings. The van der Waals surface area contributed by atoms with Gasteiger partial charge in [0, 0.05) is 35.4 Å². The fraction of sp³-hybridized carbons (Fsp3) is 0.238. The average molecular weight is 526 g/mol. The molecule has 13 heteroatoms. The Bertz CT molecular complexity index is 1470. The van der Waals surface area contributed by atoms with Crippen molar-refractivity contribution in [3.05, 3.63) is 54.2 Å². The van der Waals surface area contributed by atoms with Gasteiger partial charge in [-0.05, 0) is 30.3 Å². The smallest absolute Gasteiger partial charge is 0.339 e. The lowest BCUT2D eigenvalue weighted by atomic mass is 10.1. The molecule has 34 heavy (non-hydrogen) atoms. The van der Waals surface area contributed by atoms with Crippen molar-refractivity contribution in [3.8, 4) is 0 Å². The first-order valence-corrected chi connectivity index (χ1v) is 13.8. The summed E-state index contributed by atoms with van der Waals surface area (Å²) in [5, 5.41) is 3.20. The van der Waals surface area contributed by atoms with Gasteiger partial charge in [-0.1, -0.05) is 12.1 Å². The van der Waals surface area contributed by atoms with E-state index >= 15 is 0 Å². The maximum atomic E-state index is 13.6. The molecule has 1 aliphatic heterocycles. The normalized spacial score (nSPS) is 15.2. The van der Waals surface area contributed by atoms with Crippen LogP contribution >= 0.6 is 10.7 Å². The first-order chi connectivity index (χ1) is 16.1. The number of methoxy groups -OCH3 is 1. The van der Waals surface area contributed by atoms with Crippen molar-refractivity contribution < 1.29 is 31.1 Å². The average Bonchev–Trinajstić information content (AvgIpc) is 2.83. The fourth-order valence-electron chi connectivity index (χ4n) is 3.57. The van der Waals surface area contributed by atoms with E-state index < -0.39 is 25.0 Å². The number of morpholine rings is 1. The lowest BCUT2D eigenvalue weighted by Crippen LogP contribution is -2.40. The number of para-hydroxylation sites is 1. The van der Waals surface area contributed by atoms with Crippen LogP contribution in [0, 0.1) is 0 Å². The van der Waals surface area contributed by atoms with Gasteiger partial charge in [0.25, 0.3) is 9.05 Å². The second-order valence-corrected chi connectivity index (χ2v) is 11.8. The molecule has 1 fully saturated rings. The molecule has 0 spiro atoms. The molecule has 0 unspecified atom stereocenters. The molecule has 0 amide bonds. The zero-order valence-corrected chi connectivity index (χ0v) is 20.3. The van der Waals surface area contributed by atoms with Crippen LogP contribution < -0.4 is 5.32 Å². The van der Waals surface area contributed by atoms with Crippen LogP contribution in [-0.4, -0.2) is 65.5 Å². The summed E-state index contributed by atoms with van der Waals surface area (Å²) in [6.07, 6.45) is 1.20. The number of rotatable bonds is 6. The zero-order valence-electron chi connectivity index (χ0n) is 17.9. The van der Waals surface area contributed by atoms with Crippen LogP contribution in [-0.2, 0) is 28.5 Å². The van der Waals surface area contributed by atoms with Crippen LogP contribution in [0.4, 0.5) is 11.4 Å². The summed E-state index contributed by atoms with van der Waals surface area (Å²) in [6.45, 7) is 0.773. The third-order valence-corrected chi connectivity index (χ3v) is 8.53. The van der Waals surface area contributed by atoms with E-state index in [9.17, 15) is 21.6 Å². The number of halogens is 1. The number of esters is 1. The van der Waals surface area contributed by atoms with Crippen molar-refractivity contribution in [2.45, 2.75) is 9.79 Å². The fourth-order valence-corrected chi connectivity index (χ4v) is 5.86. The summed E-state index contributed by atoms with van der Waals surface area (Å²) in [7, 11) is -1.41. The maximum Gasteiger partial charge on any atom is 0.339 e. The number of carbonyl (C=O) groups is 1. The molecular weight excluding hydrogens is 506 g/mol. The number of fused-ring (bicyclic) bond motifs is 1. The first kappa shape index (κ1) is 24.4. The number of sulfonamides is 1. The summed E-state index contributed by atoms with van der Waals surface area (Å²) in [5.74, 6) is -0.636. The quantitative estimate of drug-likeness (QED) is 0.381. The van der Waals surface area contributed by atoms with Gasteiger partial charge >= 0.3 is 5.97 Å². The third-order valence-electron chi connectivity index (χ3n) is 5.27. The molecule has 0 bridgehead atoms. The van der Waals surface area contributed by atoms with Gasteiger partial charge < -0.3 is 14.8 Å². The zero-order chi connectivity index (χ0) is 24.5. The number of pyridine rings is 1. The van der Waals surface area contributed by atoms with Gasteiger partial charge in [-0.2, -0.15) is 4.31 Å². The van der Waals surface area contributed by atoms with E-state index in [4.69, 9.17) is 20.2 Å². The molecule has 0 radical (unpaired) electrons. The minimum Gasteiger partial charge on any atom is -0.465 e. The second-order valence-electron chi connectivity index (χ2n) is 7.29. The van der Waals surface area contributed by atoms with Crippen molar-refractivity contribution in [1.29, 1.82) is 0 Å². The third kappa shape index (κ3) is 4.72. The topological polar surface area (TPSA) is 132 Å². The highest BCUT2D eigenvalue weighted by atomic mass is 35.7. The Morgan fingerprint density at radius 2 is 1.82 bits per heavy atom. The maximum absolute atomic E-state index is 13.6. The molecule has 1 saturated heterocycles. The molecule has 1 N–H and O–H groups in total. The number of carbonyl (C=O) groups excluding carboxylic acids is 1. The van der Waals surface area contributed by atoms with Gasteiger partial charge in [0.05, 0.1) is 47.7 Å². The predicted molar refractivity (Wildman–Crippen MR) is 125 cm³/mol. The van der Waals surface area contributed by atoms with Crippen LogP contribution in [0.15, 0.2) is 58.5 Å². The van der Waals surface area contributed by atoms with E-state index in [0.717, 1.165) is 0 Å². The Morgan fingerprint density at radius 3 is 2.50 bits per heavy atom. The van der Waals surface area contributed by atoms with Gasteiger partial charge in [-0.3, -0.25) is 4.98 Å². The number of hydrogen-bond donors (Lipinski definition) is 1. The lowest BCUT2D eigenvalue weighted by Gasteiger charge is -2.27. The molecule has 180 valence electrons. The van der Waals surface area contributed by atoms with E-state index in [1.807, 2.05) is 0 Å². The van der Waals surface area contributed by atoms with Crippen molar-refractivity contribution in [3.63, 3.8) is 0 Å². The summed E-state index contributed by atoms with van der Waals surface area (Å²) < 4.78 is 62.4. The second kappa shape index (κ2) is 9.47. The number of ether oxygens (including phenoxy) is 2. The monoisotopic (exact) mass is 525 g/mol. The summed E-state index contributed by atoms with van der Waals surface area (Å²) >= 11 is 0. The molecule has 0 atom stereocenters. The Morgan fingerprint density at radius 1 is 1.12 bits per heavy atom. The van der Waals surface area contributed by atoms with E-state index in [-0.39, 0.29) is 58.4 Å². The van der Waals surface area contributed by atoms with E-state index in [1.54, 1.807) is 18.2 Å². The van der Waals surface area contributed by atoms with Crippen LogP contribution in [0.2, 0.25) is 0 Å². The minimum absolute atomic E-state index is 0.0509. The van der Waals surface area contributed by atoms with Crippen molar-refractivity contribution >= 4 is 58.0 Å². The molecule has 0 saturated carbocycles. The molecule has 2 heterocycles. The van der Waals surface area contributed by atoms with Crippen LogP contribution in [0.1, 0.15) is 10.4 Å². The Kier molecular flexibility index (Phi) is 6.78. The Balaban J connectivity index is 1.98. The number of nitrogens with one attached hydrogen (secondary N) is 1. The van der Waals surface area contributed by atoms with Gasteiger partial charge in [0.2, 0.25) is 10.0 Å². The predicted octanol–water partition coefficient (Wildman–Crippen LogP) is 2.71. The standard InChI is InChI=1S/C21H20ClN3O7S2/c1-31-21(26)15-4-2-3-5-18(15)24-20-16-12-14(33(22,27)28)6-7-17(16)23-13-19(20)34(29,30)25-8-10-32-11-9-25/h2-7,12-13H,8-11H2,1H3,(H,23,24). The van der Waals surface area contributed by atoms with Crippen LogP contribution in [0.5, 0.6) is 0 Å². The largest absolute Gasteiger partial charge is 0.465 e.